The molecule has 0 spiro atoms. The van der Waals surface area contributed by atoms with Crippen molar-refractivity contribution < 1.29 is 18.0 Å². The van der Waals surface area contributed by atoms with E-state index in [4.69, 9.17) is 0 Å². The number of hydrogen-bond donors (Lipinski definition) is 1. The van der Waals surface area contributed by atoms with Crippen LogP contribution in [0.25, 0.3) is 0 Å². The number of amides is 1. The summed E-state index contributed by atoms with van der Waals surface area (Å²) >= 11 is 0. The van der Waals surface area contributed by atoms with Gasteiger partial charge in [-0.2, -0.15) is 13.2 Å². The number of likely N-dealkylation sites (N-methyl/N-ethyl adjacent to an activating group) is 1. The van der Waals surface area contributed by atoms with Crippen LogP contribution in [0.5, 0.6) is 0 Å². The van der Waals surface area contributed by atoms with Crippen LogP contribution in [0.2, 0.25) is 0 Å². The molecule has 0 radical (unpaired) electrons. The third kappa shape index (κ3) is 5.05. The highest BCUT2D eigenvalue weighted by molar-refractivity contribution is 5.86. The Balaban J connectivity index is 2.72. The quantitative estimate of drug-likeness (QED) is 0.814. The van der Waals surface area contributed by atoms with E-state index in [-0.39, 0.29) is 6.54 Å². The van der Waals surface area contributed by atoms with Crippen LogP contribution in [-0.2, 0) is 11.3 Å². The summed E-state index contributed by atoms with van der Waals surface area (Å²) in [5.41, 5.74) is 0.777. The van der Waals surface area contributed by atoms with Crippen molar-refractivity contribution in [3.63, 3.8) is 0 Å². The van der Waals surface area contributed by atoms with Crippen molar-refractivity contribution in [1.29, 1.82) is 0 Å². The molecule has 0 aliphatic rings. The first-order valence-electron chi connectivity index (χ1n) is 6.05. The summed E-state index contributed by atoms with van der Waals surface area (Å²) in [7, 11) is 1.38. The van der Waals surface area contributed by atoms with Crippen LogP contribution in [0.15, 0.2) is 43.0 Å². The molecular weight excluding hydrogens is 269 g/mol. The monoisotopic (exact) mass is 286 g/mol. The summed E-state index contributed by atoms with van der Waals surface area (Å²) in [5.74, 6) is -0.618. The molecule has 3 nitrogen and oxygen atoms in total. The highest BCUT2D eigenvalue weighted by Gasteiger charge is 2.42. The predicted octanol–water partition coefficient (Wildman–Crippen LogP) is 2.35. The molecule has 0 aliphatic heterocycles. The fourth-order valence-electron chi connectivity index (χ4n) is 1.77. The van der Waals surface area contributed by atoms with Crippen molar-refractivity contribution in [2.75, 3.05) is 13.6 Å². The molecule has 0 aromatic heterocycles. The van der Waals surface area contributed by atoms with Crippen LogP contribution in [0.1, 0.15) is 5.56 Å². The Kier molecular flexibility index (Phi) is 5.76. The number of hydrogen-bond acceptors (Lipinski definition) is 2. The standard InChI is InChI=1S/C14H17F3N2O/c1-3-13(20)18-9-12(14(15,16)17)19(2)10-11-7-5-4-6-8-11/h3-8,12H,1,9-10H2,2H3,(H,18,20)/t12-/m0/s1. The maximum atomic E-state index is 13.0. The van der Waals surface area contributed by atoms with E-state index in [2.05, 4.69) is 11.9 Å². The molecule has 0 fully saturated rings. The molecule has 0 saturated carbocycles. The van der Waals surface area contributed by atoms with E-state index in [0.717, 1.165) is 11.6 Å². The highest BCUT2D eigenvalue weighted by Crippen LogP contribution is 2.24. The number of halogens is 3. The molecule has 110 valence electrons. The lowest BCUT2D eigenvalue weighted by Gasteiger charge is -2.30. The van der Waals surface area contributed by atoms with Gasteiger partial charge >= 0.3 is 6.18 Å². The molecule has 6 heteroatoms. The van der Waals surface area contributed by atoms with Crippen molar-refractivity contribution in [2.24, 2.45) is 0 Å². The summed E-state index contributed by atoms with van der Waals surface area (Å²) in [6, 6.07) is 7.11. The van der Waals surface area contributed by atoms with Gasteiger partial charge in [0.05, 0.1) is 0 Å². The highest BCUT2D eigenvalue weighted by atomic mass is 19.4. The third-order valence-corrected chi connectivity index (χ3v) is 2.84. The number of nitrogens with one attached hydrogen (secondary N) is 1. The van der Waals surface area contributed by atoms with E-state index in [0.29, 0.717) is 0 Å². The van der Waals surface area contributed by atoms with Gasteiger partial charge in [-0.25, -0.2) is 0 Å². The summed E-state index contributed by atoms with van der Waals surface area (Å²) in [4.78, 5) is 12.2. The zero-order chi connectivity index (χ0) is 15.2. The first kappa shape index (κ1) is 16.2. The fourth-order valence-corrected chi connectivity index (χ4v) is 1.77. The average molecular weight is 286 g/mol. The molecule has 0 bridgehead atoms. The van der Waals surface area contributed by atoms with Crippen LogP contribution >= 0.6 is 0 Å². The third-order valence-electron chi connectivity index (χ3n) is 2.84. The van der Waals surface area contributed by atoms with Gasteiger partial charge in [-0.1, -0.05) is 36.9 Å². The van der Waals surface area contributed by atoms with Crippen LogP contribution < -0.4 is 5.32 Å². The molecule has 0 unspecified atom stereocenters. The van der Waals surface area contributed by atoms with E-state index in [1.54, 1.807) is 30.3 Å². The number of carbonyl (C=O) groups is 1. The summed E-state index contributed by atoms with van der Waals surface area (Å²) in [6.07, 6.45) is -3.47. The summed E-state index contributed by atoms with van der Waals surface area (Å²) in [5, 5.41) is 2.19. The Morgan fingerprint density at radius 3 is 2.50 bits per heavy atom. The number of benzene rings is 1. The van der Waals surface area contributed by atoms with E-state index in [1.165, 1.54) is 11.9 Å². The largest absolute Gasteiger partial charge is 0.405 e. The van der Waals surface area contributed by atoms with Gasteiger partial charge in [-0.3, -0.25) is 9.69 Å². The molecular formula is C14H17F3N2O. The van der Waals surface area contributed by atoms with Crippen molar-refractivity contribution >= 4 is 5.91 Å². The Bertz CT molecular complexity index is 445. The molecule has 1 amide bonds. The molecule has 0 heterocycles. The zero-order valence-corrected chi connectivity index (χ0v) is 11.2. The number of alkyl halides is 3. The first-order chi connectivity index (χ1) is 9.34. The average Bonchev–Trinajstić information content (AvgIpc) is 2.38. The second-order valence-corrected chi connectivity index (χ2v) is 4.41. The molecule has 20 heavy (non-hydrogen) atoms. The van der Waals surface area contributed by atoms with Crippen molar-refractivity contribution in [2.45, 2.75) is 18.8 Å². The SMILES string of the molecule is C=CC(=O)NC[C@H](N(C)Cc1ccccc1)C(F)(F)F. The minimum atomic E-state index is -4.42. The Morgan fingerprint density at radius 2 is 2.00 bits per heavy atom. The first-order valence-corrected chi connectivity index (χ1v) is 6.05. The minimum Gasteiger partial charge on any atom is -0.351 e. The van der Waals surface area contributed by atoms with Crippen molar-refractivity contribution in [3.05, 3.63) is 48.6 Å². The molecule has 0 saturated heterocycles. The van der Waals surface area contributed by atoms with Gasteiger partial charge in [0.25, 0.3) is 0 Å². The lowest BCUT2D eigenvalue weighted by molar-refractivity contribution is -0.180. The maximum absolute atomic E-state index is 13.0. The maximum Gasteiger partial charge on any atom is 0.405 e. The topological polar surface area (TPSA) is 32.3 Å². The lowest BCUT2D eigenvalue weighted by atomic mass is 10.1. The Labute approximate surface area is 116 Å². The molecule has 1 atom stereocenters. The van der Waals surface area contributed by atoms with Gasteiger partial charge in [0, 0.05) is 13.1 Å². The smallest absolute Gasteiger partial charge is 0.351 e. The number of rotatable bonds is 6. The van der Waals surface area contributed by atoms with E-state index in [1.807, 2.05) is 0 Å². The summed E-state index contributed by atoms with van der Waals surface area (Å²) < 4.78 is 39.0. The Morgan fingerprint density at radius 1 is 1.40 bits per heavy atom. The zero-order valence-electron chi connectivity index (χ0n) is 11.2. The van der Waals surface area contributed by atoms with Gasteiger partial charge in [0.2, 0.25) is 5.91 Å². The van der Waals surface area contributed by atoms with Crippen LogP contribution in [0, 0.1) is 0 Å². The molecule has 1 aromatic carbocycles. The van der Waals surface area contributed by atoms with Crippen LogP contribution in [0.4, 0.5) is 13.2 Å². The second-order valence-electron chi connectivity index (χ2n) is 4.41. The van der Waals surface area contributed by atoms with Crippen molar-refractivity contribution in [3.8, 4) is 0 Å². The van der Waals surface area contributed by atoms with Crippen LogP contribution in [-0.4, -0.2) is 36.6 Å². The normalized spacial score (nSPS) is 13.1. The fraction of sp³-hybridized carbons (Fsp3) is 0.357. The van der Waals surface area contributed by atoms with Gasteiger partial charge in [0.1, 0.15) is 6.04 Å². The Hall–Kier alpha value is -1.82. The second kappa shape index (κ2) is 7.09. The minimum absolute atomic E-state index is 0.148. The summed E-state index contributed by atoms with van der Waals surface area (Å²) in [6.45, 7) is 2.85. The van der Waals surface area contributed by atoms with E-state index < -0.39 is 24.7 Å². The predicted molar refractivity (Wildman–Crippen MR) is 71.0 cm³/mol. The van der Waals surface area contributed by atoms with E-state index >= 15 is 0 Å². The van der Waals surface area contributed by atoms with Crippen LogP contribution in [0.3, 0.4) is 0 Å². The molecule has 0 aliphatic carbocycles. The number of carbonyl (C=O) groups excluding carboxylic acids is 1. The lowest BCUT2D eigenvalue weighted by Crippen LogP contribution is -2.50. The van der Waals surface area contributed by atoms with E-state index in [9.17, 15) is 18.0 Å². The van der Waals surface area contributed by atoms with Gasteiger partial charge < -0.3 is 5.32 Å². The van der Waals surface area contributed by atoms with Gasteiger partial charge in [-0.05, 0) is 18.7 Å². The molecule has 1 rings (SSSR count). The molecule has 1 aromatic rings. The van der Waals surface area contributed by atoms with Gasteiger partial charge in [-0.15, -0.1) is 0 Å². The number of nitrogens with zero attached hydrogens (tertiary/aromatic N) is 1. The van der Waals surface area contributed by atoms with Gasteiger partial charge in [0.15, 0.2) is 0 Å². The van der Waals surface area contributed by atoms with Crippen molar-refractivity contribution in [1.82, 2.24) is 10.2 Å². The molecule has 1 N–H and O–H groups in total.